The molecule has 1 aromatic rings. The molecule has 0 spiro atoms. The third-order valence-electron chi connectivity index (χ3n) is 7.03. The maximum atomic E-state index is 12.8. The second-order valence-corrected chi connectivity index (χ2v) is 9.07. The zero-order valence-corrected chi connectivity index (χ0v) is 19.7. The lowest BCUT2D eigenvalue weighted by Crippen LogP contribution is -2.43. The van der Waals surface area contributed by atoms with Crippen LogP contribution < -0.4 is 9.47 Å². The number of morpholine rings is 1. The molecule has 2 aliphatic carbocycles. The third-order valence-corrected chi connectivity index (χ3v) is 7.03. The molecule has 2 heterocycles. The molecule has 12 heteroatoms. The number of benzene rings is 1. The summed E-state index contributed by atoms with van der Waals surface area (Å²) >= 11 is 0. The number of amides is 3. The molecule has 0 radical (unpaired) electrons. The van der Waals surface area contributed by atoms with E-state index < -0.39 is 29.1 Å². The quantitative estimate of drug-likeness (QED) is 0.172. The van der Waals surface area contributed by atoms with Gasteiger partial charge >= 0.3 is 5.69 Å². The second-order valence-electron chi connectivity index (χ2n) is 9.07. The van der Waals surface area contributed by atoms with Crippen molar-refractivity contribution >= 4 is 29.6 Å². The average molecular weight is 498 g/mol. The molecular formula is C24H26N4O8. The van der Waals surface area contributed by atoms with Crippen LogP contribution >= 0.6 is 0 Å². The van der Waals surface area contributed by atoms with Crippen molar-refractivity contribution in [3.8, 4) is 11.5 Å². The van der Waals surface area contributed by atoms with Gasteiger partial charge in [0.2, 0.25) is 5.75 Å². The second kappa shape index (κ2) is 9.69. The lowest BCUT2D eigenvalue weighted by atomic mass is 9.85. The SMILES string of the molecule is CCOc1cc(C=NN2C(=O)[C@@H]3[C@H](C2=O)[C@H]2C=C[C@H]3C2)cc([N+](=O)[O-])c1OCC(=O)N1CCOCC1. The molecule has 2 saturated heterocycles. The summed E-state index contributed by atoms with van der Waals surface area (Å²) in [5.41, 5.74) is -0.175. The fourth-order valence-electron chi connectivity index (χ4n) is 5.39. The van der Waals surface area contributed by atoms with Gasteiger partial charge in [-0.1, -0.05) is 12.2 Å². The van der Waals surface area contributed by atoms with Crippen LogP contribution in [0.4, 0.5) is 5.69 Å². The van der Waals surface area contributed by atoms with E-state index in [1.54, 1.807) is 11.8 Å². The van der Waals surface area contributed by atoms with Gasteiger partial charge < -0.3 is 19.1 Å². The van der Waals surface area contributed by atoms with E-state index in [0.29, 0.717) is 26.3 Å². The average Bonchev–Trinajstić information content (AvgIpc) is 3.56. The highest BCUT2D eigenvalue weighted by Gasteiger charge is 2.59. The number of hydrazone groups is 1. The maximum Gasteiger partial charge on any atom is 0.315 e. The molecule has 0 aromatic heterocycles. The van der Waals surface area contributed by atoms with Crippen LogP contribution in [-0.2, 0) is 19.1 Å². The summed E-state index contributed by atoms with van der Waals surface area (Å²) in [6.07, 6.45) is 6.02. The summed E-state index contributed by atoms with van der Waals surface area (Å²) in [5, 5.41) is 16.8. The standard InChI is InChI=1S/C24H26N4O8/c1-2-35-18-10-14(12-25-27-23(30)20-15-3-4-16(11-15)21(20)24(27)31)9-17(28(32)33)22(18)36-13-19(29)26-5-7-34-8-6-26/h3-4,9-10,12,15-16,20-21H,2,5-8,11,13H2,1H3/t15-,16-,20-,21+/m0/s1. The number of allylic oxidation sites excluding steroid dienone is 2. The number of nitro benzene ring substituents is 1. The van der Waals surface area contributed by atoms with Crippen LogP contribution in [0.2, 0.25) is 0 Å². The van der Waals surface area contributed by atoms with Crippen molar-refractivity contribution < 1.29 is 33.5 Å². The summed E-state index contributed by atoms with van der Waals surface area (Å²) in [7, 11) is 0. The number of rotatable bonds is 8. The summed E-state index contributed by atoms with van der Waals surface area (Å²) in [4.78, 5) is 50.9. The van der Waals surface area contributed by atoms with E-state index in [2.05, 4.69) is 5.10 Å². The molecule has 2 aliphatic heterocycles. The molecule has 3 amide bonds. The van der Waals surface area contributed by atoms with Crippen molar-refractivity contribution in [3.63, 3.8) is 0 Å². The first-order chi connectivity index (χ1) is 17.4. The minimum atomic E-state index is -0.645. The van der Waals surface area contributed by atoms with E-state index in [4.69, 9.17) is 14.2 Å². The predicted molar refractivity (Wildman–Crippen MR) is 124 cm³/mol. The number of ether oxygens (including phenoxy) is 3. The van der Waals surface area contributed by atoms with Crippen LogP contribution in [0.3, 0.4) is 0 Å². The molecule has 0 unspecified atom stereocenters. The van der Waals surface area contributed by atoms with Crippen LogP contribution in [0.15, 0.2) is 29.4 Å². The van der Waals surface area contributed by atoms with Gasteiger partial charge in [0.05, 0.1) is 42.8 Å². The van der Waals surface area contributed by atoms with Gasteiger partial charge in [0.15, 0.2) is 12.4 Å². The Labute approximate surface area is 206 Å². The zero-order chi connectivity index (χ0) is 25.4. The number of nitrogens with zero attached hydrogens (tertiary/aromatic N) is 4. The highest BCUT2D eigenvalue weighted by molar-refractivity contribution is 6.06. The van der Waals surface area contributed by atoms with Gasteiger partial charge in [-0.3, -0.25) is 24.5 Å². The largest absolute Gasteiger partial charge is 0.490 e. The van der Waals surface area contributed by atoms with E-state index in [1.807, 2.05) is 12.2 Å². The van der Waals surface area contributed by atoms with Crippen LogP contribution in [-0.4, -0.2) is 78.3 Å². The molecule has 2 bridgehead atoms. The summed E-state index contributed by atoms with van der Waals surface area (Å²) in [6, 6.07) is 2.67. The number of hydrogen-bond acceptors (Lipinski definition) is 9. The Kier molecular flexibility index (Phi) is 6.44. The molecule has 36 heavy (non-hydrogen) atoms. The monoisotopic (exact) mass is 498 g/mol. The number of carbonyl (C=O) groups excluding carboxylic acids is 3. The van der Waals surface area contributed by atoms with E-state index in [-0.39, 0.29) is 53.2 Å². The summed E-state index contributed by atoms with van der Waals surface area (Å²) in [5.74, 6) is -1.81. The van der Waals surface area contributed by atoms with E-state index >= 15 is 0 Å². The van der Waals surface area contributed by atoms with Gasteiger partial charge in [-0.05, 0) is 31.2 Å². The van der Waals surface area contributed by atoms with Crippen molar-refractivity contribution in [3.05, 3.63) is 40.0 Å². The molecule has 190 valence electrons. The number of hydrogen-bond donors (Lipinski definition) is 0. The number of imide groups is 1. The lowest BCUT2D eigenvalue weighted by Gasteiger charge is -2.26. The van der Waals surface area contributed by atoms with Crippen LogP contribution in [0, 0.1) is 33.8 Å². The van der Waals surface area contributed by atoms with Crippen molar-refractivity contribution in [1.29, 1.82) is 0 Å². The van der Waals surface area contributed by atoms with E-state index in [1.165, 1.54) is 18.3 Å². The van der Waals surface area contributed by atoms with E-state index in [9.17, 15) is 24.5 Å². The Morgan fingerprint density at radius 1 is 1.17 bits per heavy atom. The van der Waals surface area contributed by atoms with Gasteiger partial charge in [0, 0.05) is 24.7 Å². The fraction of sp³-hybridized carbons (Fsp3) is 0.500. The van der Waals surface area contributed by atoms with Crippen molar-refractivity contribution in [1.82, 2.24) is 9.91 Å². The number of fused-ring (bicyclic) bond motifs is 5. The van der Waals surface area contributed by atoms with Crippen molar-refractivity contribution in [2.24, 2.45) is 28.8 Å². The van der Waals surface area contributed by atoms with Gasteiger partial charge in [0.25, 0.3) is 17.7 Å². The van der Waals surface area contributed by atoms with Crippen molar-refractivity contribution in [2.75, 3.05) is 39.5 Å². The van der Waals surface area contributed by atoms with Gasteiger partial charge in [-0.15, -0.1) is 0 Å². The Balaban J connectivity index is 1.36. The van der Waals surface area contributed by atoms with Crippen LogP contribution in [0.25, 0.3) is 0 Å². The third kappa shape index (κ3) is 4.21. The molecule has 1 aromatic carbocycles. The minimum Gasteiger partial charge on any atom is -0.490 e. The fourth-order valence-corrected chi connectivity index (χ4v) is 5.39. The molecule has 12 nitrogen and oxygen atoms in total. The Bertz CT molecular complexity index is 1130. The van der Waals surface area contributed by atoms with Crippen molar-refractivity contribution in [2.45, 2.75) is 13.3 Å². The highest BCUT2D eigenvalue weighted by atomic mass is 16.6. The Morgan fingerprint density at radius 3 is 2.44 bits per heavy atom. The number of nitro groups is 1. The molecule has 5 rings (SSSR count). The molecular weight excluding hydrogens is 472 g/mol. The Morgan fingerprint density at radius 2 is 1.83 bits per heavy atom. The van der Waals surface area contributed by atoms with Gasteiger partial charge in [0.1, 0.15) is 0 Å². The molecule has 4 atom stereocenters. The minimum absolute atomic E-state index is 0.0545. The smallest absolute Gasteiger partial charge is 0.315 e. The van der Waals surface area contributed by atoms with Crippen LogP contribution in [0.1, 0.15) is 18.9 Å². The van der Waals surface area contributed by atoms with E-state index in [0.717, 1.165) is 11.4 Å². The predicted octanol–water partition coefficient (Wildman–Crippen LogP) is 1.37. The zero-order valence-electron chi connectivity index (χ0n) is 19.7. The first-order valence-electron chi connectivity index (χ1n) is 11.9. The summed E-state index contributed by atoms with van der Waals surface area (Å²) < 4.78 is 16.4. The summed E-state index contributed by atoms with van der Waals surface area (Å²) in [6.45, 7) is 3.18. The first-order valence-corrected chi connectivity index (χ1v) is 11.9. The van der Waals surface area contributed by atoms with Crippen LogP contribution in [0.5, 0.6) is 11.5 Å². The molecule has 0 N–H and O–H groups in total. The maximum absolute atomic E-state index is 12.8. The van der Waals surface area contributed by atoms with Gasteiger partial charge in [-0.25, -0.2) is 0 Å². The normalized spacial score (nSPS) is 26.7. The highest BCUT2D eigenvalue weighted by Crippen LogP contribution is 2.52. The first kappa shape index (κ1) is 23.9. The van der Waals surface area contributed by atoms with Gasteiger partial charge in [-0.2, -0.15) is 10.1 Å². The number of carbonyl (C=O) groups is 3. The topological polar surface area (TPSA) is 141 Å². The molecule has 4 aliphatic rings. The molecule has 3 fully saturated rings. The molecule has 1 saturated carbocycles. The lowest BCUT2D eigenvalue weighted by molar-refractivity contribution is -0.385. The Hall–Kier alpha value is -3.80.